The van der Waals surface area contributed by atoms with Gasteiger partial charge in [0.05, 0.1) is 33.2 Å². The number of fused-ring (bicyclic) bond motifs is 1. The first-order valence-electron chi connectivity index (χ1n) is 9.85. The fourth-order valence-corrected chi connectivity index (χ4v) is 3.94. The van der Waals surface area contributed by atoms with E-state index in [9.17, 15) is 10.1 Å². The summed E-state index contributed by atoms with van der Waals surface area (Å²) in [6, 6.07) is 6.13. The molecule has 0 unspecified atom stereocenters. The predicted octanol–water partition coefficient (Wildman–Crippen LogP) is 3.19. The van der Waals surface area contributed by atoms with Crippen molar-refractivity contribution in [3.63, 3.8) is 0 Å². The van der Waals surface area contributed by atoms with Gasteiger partial charge in [0, 0.05) is 6.07 Å². The second-order valence-corrected chi connectivity index (χ2v) is 7.91. The first-order valence-corrected chi connectivity index (χ1v) is 10.6. The molecule has 0 aliphatic rings. The van der Waals surface area contributed by atoms with Gasteiger partial charge in [0.2, 0.25) is 5.95 Å². The highest BCUT2D eigenvalue weighted by Gasteiger charge is 2.25. The minimum absolute atomic E-state index is 0.0302. The van der Waals surface area contributed by atoms with E-state index in [-0.39, 0.29) is 44.1 Å². The highest BCUT2D eigenvalue weighted by atomic mass is 35.5. The summed E-state index contributed by atoms with van der Waals surface area (Å²) in [5, 5.41) is 20.1. The SMILES string of the molecule is CCC[C@H](Nc1nc(N)nc(N)c1C#N)c1nc2c(Cl)ccc(Cl)c2c(=O)n1-c1ccn[nH]1. The molecular weight excluding hydrogens is 467 g/mol. The van der Waals surface area contributed by atoms with E-state index in [0.29, 0.717) is 24.5 Å². The molecule has 0 saturated carbocycles. The van der Waals surface area contributed by atoms with Crippen LogP contribution in [0.15, 0.2) is 29.2 Å². The Morgan fingerprint density at radius 1 is 1.21 bits per heavy atom. The number of halogens is 2. The summed E-state index contributed by atoms with van der Waals surface area (Å²) in [5.41, 5.74) is 11.5. The molecule has 0 bridgehead atoms. The van der Waals surface area contributed by atoms with Gasteiger partial charge in [-0.2, -0.15) is 20.3 Å². The van der Waals surface area contributed by atoms with Crippen molar-refractivity contribution >= 4 is 51.7 Å². The highest BCUT2D eigenvalue weighted by Crippen LogP contribution is 2.31. The molecule has 3 heterocycles. The number of anilines is 3. The highest BCUT2D eigenvalue weighted by molar-refractivity contribution is 6.39. The fraction of sp³-hybridized carbons (Fsp3) is 0.200. The minimum Gasteiger partial charge on any atom is -0.382 e. The van der Waals surface area contributed by atoms with Crippen LogP contribution in [0.4, 0.5) is 17.6 Å². The summed E-state index contributed by atoms with van der Waals surface area (Å²) in [6.45, 7) is 1.96. The summed E-state index contributed by atoms with van der Waals surface area (Å²) in [4.78, 5) is 26.3. The zero-order chi connectivity index (χ0) is 23.7. The zero-order valence-corrected chi connectivity index (χ0v) is 18.8. The maximum Gasteiger partial charge on any atom is 0.268 e. The Hall–Kier alpha value is -3.88. The van der Waals surface area contributed by atoms with Crippen LogP contribution in [0.5, 0.6) is 0 Å². The number of nitrogen functional groups attached to an aromatic ring is 2. The van der Waals surface area contributed by atoms with Gasteiger partial charge in [-0.3, -0.25) is 9.89 Å². The number of H-pyrrole nitrogens is 1. The molecule has 6 N–H and O–H groups in total. The van der Waals surface area contributed by atoms with Crippen molar-refractivity contribution in [2.75, 3.05) is 16.8 Å². The predicted molar refractivity (Wildman–Crippen MR) is 126 cm³/mol. The Kier molecular flexibility index (Phi) is 6.04. The molecule has 0 saturated heterocycles. The van der Waals surface area contributed by atoms with Gasteiger partial charge in [-0.25, -0.2) is 9.55 Å². The van der Waals surface area contributed by atoms with E-state index in [0.717, 1.165) is 0 Å². The molecule has 13 heteroatoms. The Morgan fingerprint density at radius 2 is 1.97 bits per heavy atom. The Morgan fingerprint density at radius 3 is 2.64 bits per heavy atom. The minimum atomic E-state index is -0.591. The second-order valence-electron chi connectivity index (χ2n) is 7.09. The van der Waals surface area contributed by atoms with Gasteiger partial charge in [0.15, 0.2) is 5.82 Å². The van der Waals surface area contributed by atoms with Crippen LogP contribution in [0.2, 0.25) is 10.0 Å². The third-order valence-corrected chi connectivity index (χ3v) is 5.56. The Bertz CT molecular complexity index is 1440. The molecule has 0 radical (unpaired) electrons. The first kappa shape index (κ1) is 22.3. The van der Waals surface area contributed by atoms with Crippen LogP contribution in [-0.4, -0.2) is 29.7 Å². The number of aromatic amines is 1. The van der Waals surface area contributed by atoms with E-state index in [1.54, 1.807) is 18.2 Å². The van der Waals surface area contributed by atoms with Gasteiger partial charge >= 0.3 is 0 Å². The number of benzene rings is 1. The van der Waals surface area contributed by atoms with Gasteiger partial charge < -0.3 is 16.8 Å². The van der Waals surface area contributed by atoms with Crippen molar-refractivity contribution in [2.24, 2.45) is 0 Å². The molecule has 0 aliphatic carbocycles. The molecule has 33 heavy (non-hydrogen) atoms. The molecule has 11 nitrogen and oxygen atoms in total. The maximum absolute atomic E-state index is 13.6. The molecule has 4 aromatic rings. The van der Waals surface area contributed by atoms with E-state index in [1.165, 1.54) is 10.8 Å². The van der Waals surface area contributed by atoms with Gasteiger partial charge in [-0.15, -0.1) is 0 Å². The van der Waals surface area contributed by atoms with Crippen LogP contribution >= 0.6 is 23.2 Å². The lowest BCUT2D eigenvalue weighted by Gasteiger charge is -2.23. The molecule has 4 rings (SSSR count). The largest absolute Gasteiger partial charge is 0.382 e. The molecule has 3 aromatic heterocycles. The lowest BCUT2D eigenvalue weighted by Crippen LogP contribution is -2.29. The van der Waals surface area contributed by atoms with Crippen molar-refractivity contribution in [1.29, 1.82) is 5.26 Å². The number of nitrogens with two attached hydrogens (primary N) is 2. The number of nitrogens with one attached hydrogen (secondary N) is 2. The lowest BCUT2D eigenvalue weighted by molar-refractivity contribution is 0.612. The van der Waals surface area contributed by atoms with Crippen LogP contribution < -0.4 is 22.3 Å². The van der Waals surface area contributed by atoms with Crippen LogP contribution in [0, 0.1) is 11.3 Å². The Balaban J connectivity index is 2.00. The lowest BCUT2D eigenvalue weighted by atomic mass is 10.1. The Labute approximate surface area is 197 Å². The molecular formula is C20H18Cl2N10O. The van der Waals surface area contributed by atoms with E-state index >= 15 is 0 Å². The van der Waals surface area contributed by atoms with Gasteiger partial charge in [-0.05, 0) is 18.6 Å². The van der Waals surface area contributed by atoms with E-state index in [2.05, 4.69) is 25.5 Å². The number of hydrogen-bond donors (Lipinski definition) is 4. The molecule has 1 aromatic carbocycles. The summed E-state index contributed by atoms with van der Waals surface area (Å²) in [6.07, 6.45) is 2.73. The number of aromatic nitrogens is 6. The van der Waals surface area contributed by atoms with Crippen molar-refractivity contribution in [3.05, 3.63) is 56.2 Å². The maximum atomic E-state index is 13.6. The number of rotatable bonds is 6. The third-order valence-electron chi connectivity index (χ3n) is 4.94. The van der Waals surface area contributed by atoms with Crippen LogP contribution in [0.3, 0.4) is 0 Å². The van der Waals surface area contributed by atoms with Gasteiger partial charge in [0.1, 0.15) is 29.1 Å². The monoisotopic (exact) mass is 484 g/mol. The van der Waals surface area contributed by atoms with E-state index in [1.807, 2.05) is 13.0 Å². The van der Waals surface area contributed by atoms with Crippen molar-refractivity contribution in [1.82, 2.24) is 29.7 Å². The molecule has 0 spiro atoms. The van der Waals surface area contributed by atoms with Crippen LogP contribution in [0.1, 0.15) is 37.2 Å². The third kappa shape index (κ3) is 4.02. The summed E-state index contributed by atoms with van der Waals surface area (Å²) in [7, 11) is 0. The first-order chi connectivity index (χ1) is 15.8. The topological polar surface area (TPSA) is 177 Å². The van der Waals surface area contributed by atoms with Crippen LogP contribution in [0.25, 0.3) is 16.7 Å². The average molecular weight is 485 g/mol. The molecule has 0 amide bonds. The quantitative estimate of drug-likeness (QED) is 0.319. The normalized spacial score (nSPS) is 11.9. The number of hydrogen-bond acceptors (Lipinski definition) is 9. The fourth-order valence-electron chi connectivity index (χ4n) is 3.50. The molecule has 168 valence electrons. The summed E-state index contributed by atoms with van der Waals surface area (Å²) >= 11 is 12.7. The summed E-state index contributed by atoms with van der Waals surface area (Å²) < 4.78 is 1.37. The van der Waals surface area contributed by atoms with E-state index in [4.69, 9.17) is 39.7 Å². The standard InChI is InChI=1S/C20H18Cl2N10O/c1-2-3-12(27-17-9(8-23)16(24)29-20(25)30-17)18-28-15-11(22)5-4-10(21)14(15)19(33)32(18)13-6-7-26-31-13/h4-7,12H,2-3H2,1H3,(H,26,31)(H5,24,25,27,29,30)/t12-/m0/s1. The second kappa shape index (κ2) is 8.93. The molecule has 1 atom stereocenters. The van der Waals surface area contributed by atoms with Crippen molar-refractivity contribution in [2.45, 2.75) is 25.8 Å². The van der Waals surface area contributed by atoms with Crippen LogP contribution in [-0.2, 0) is 0 Å². The van der Waals surface area contributed by atoms with Gasteiger partial charge in [0.25, 0.3) is 5.56 Å². The van der Waals surface area contributed by atoms with E-state index < -0.39 is 11.6 Å². The van der Waals surface area contributed by atoms with Gasteiger partial charge in [-0.1, -0.05) is 36.5 Å². The smallest absolute Gasteiger partial charge is 0.268 e. The molecule has 0 aliphatic heterocycles. The zero-order valence-electron chi connectivity index (χ0n) is 17.3. The van der Waals surface area contributed by atoms with Crippen molar-refractivity contribution in [3.8, 4) is 11.9 Å². The number of nitriles is 1. The number of nitrogens with zero attached hydrogens (tertiary/aromatic N) is 6. The van der Waals surface area contributed by atoms with Crippen molar-refractivity contribution < 1.29 is 0 Å². The molecule has 0 fully saturated rings. The average Bonchev–Trinajstić information content (AvgIpc) is 3.29. The summed E-state index contributed by atoms with van der Waals surface area (Å²) in [5.74, 6) is 0.656.